The molecule has 3 heterocycles. The average molecular weight is 336 g/mol. The highest BCUT2D eigenvalue weighted by atomic mass is 19.1. The molecule has 0 aromatic carbocycles. The molecule has 6 heteroatoms. The van der Waals surface area contributed by atoms with Gasteiger partial charge in [-0.15, -0.1) is 0 Å². The number of hydrogen-bond acceptors (Lipinski definition) is 4. The molecule has 0 spiro atoms. The molecule has 2 bridgehead atoms. The van der Waals surface area contributed by atoms with E-state index in [1.807, 2.05) is 20.8 Å². The maximum absolute atomic E-state index is 13.3. The first-order chi connectivity index (χ1) is 11.1. The van der Waals surface area contributed by atoms with Crippen molar-refractivity contribution in [2.45, 2.75) is 76.7 Å². The molecule has 2 aliphatic rings. The van der Waals surface area contributed by atoms with Gasteiger partial charge in [0.25, 0.3) is 0 Å². The lowest BCUT2D eigenvalue weighted by Crippen LogP contribution is -2.53. The summed E-state index contributed by atoms with van der Waals surface area (Å²) in [6, 6.07) is 2.77. The summed E-state index contributed by atoms with van der Waals surface area (Å²) in [5.41, 5.74) is -0.455. The van der Waals surface area contributed by atoms with E-state index in [1.165, 1.54) is 6.07 Å². The van der Waals surface area contributed by atoms with Crippen molar-refractivity contribution in [3.05, 3.63) is 29.3 Å². The molecule has 1 amide bonds. The van der Waals surface area contributed by atoms with E-state index in [4.69, 9.17) is 4.74 Å². The van der Waals surface area contributed by atoms with Gasteiger partial charge in [0.1, 0.15) is 5.60 Å². The van der Waals surface area contributed by atoms with Crippen LogP contribution in [0.5, 0.6) is 0 Å². The normalized spacial score (nSPS) is 29.7. The molecule has 0 radical (unpaired) electrons. The summed E-state index contributed by atoms with van der Waals surface area (Å²) in [7, 11) is 0. The summed E-state index contributed by atoms with van der Waals surface area (Å²) in [6.45, 7) is 7.25. The zero-order valence-corrected chi connectivity index (χ0v) is 14.7. The lowest BCUT2D eigenvalue weighted by Gasteiger charge is -2.44. The highest BCUT2D eigenvalue weighted by molar-refractivity contribution is 5.69. The maximum Gasteiger partial charge on any atom is 0.410 e. The third kappa shape index (κ3) is 3.11. The van der Waals surface area contributed by atoms with Gasteiger partial charge in [0.2, 0.25) is 5.95 Å². The predicted molar refractivity (Wildman–Crippen MR) is 86.9 cm³/mol. The number of pyridine rings is 1. The van der Waals surface area contributed by atoms with Crippen LogP contribution in [0, 0.1) is 12.9 Å². The van der Waals surface area contributed by atoms with Crippen LogP contribution >= 0.6 is 0 Å². The standard InChI is InChI=1S/C18H25FN2O3/c1-11-14(7-8-15(19)20-11)18(23)9-12-5-6-13(10-18)21(12)16(22)24-17(2,3)4/h7-8,12-13,23H,5-6,9-10H2,1-4H3. The van der Waals surface area contributed by atoms with Crippen LogP contribution < -0.4 is 0 Å². The quantitative estimate of drug-likeness (QED) is 0.800. The number of piperidine rings is 1. The topological polar surface area (TPSA) is 62.7 Å². The predicted octanol–water partition coefficient (Wildman–Crippen LogP) is 3.28. The Morgan fingerprint density at radius 3 is 2.42 bits per heavy atom. The second-order valence-corrected chi connectivity index (χ2v) is 7.98. The van der Waals surface area contributed by atoms with Crippen molar-refractivity contribution < 1.29 is 19.0 Å². The number of nitrogens with zero attached hydrogens (tertiary/aromatic N) is 2. The zero-order valence-electron chi connectivity index (χ0n) is 14.7. The molecular weight excluding hydrogens is 311 g/mol. The van der Waals surface area contributed by atoms with Gasteiger partial charge in [-0.2, -0.15) is 4.39 Å². The monoisotopic (exact) mass is 336 g/mol. The molecule has 0 saturated carbocycles. The summed E-state index contributed by atoms with van der Waals surface area (Å²) < 4.78 is 18.8. The van der Waals surface area contributed by atoms with Gasteiger partial charge in [0.05, 0.1) is 5.60 Å². The van der Waals surface area contributed by atoms with Crippen LogP contribution in [-0.4, -0.2) is 38.8 Å². The zero-order chi connectivity index (χ0) is 17.7. The minimum Gasteiger partial charge on any atom is -0.444 e. The number of aryl methyl sites for hydroxylation is 1. The van der Waals surface area contributed by atoms with Crippen molar-refractivity contribution in [3.63, 3.8) is 0 Å². The smallest absolute Gasteiger partial charge is 0.410 e. The van der Waals surface area contributed by atoms with Gasteiger partial charge in [-0.05, 0) is 52.7 Å². The number of carbonyl (C=O) groups excluding carboxylic acids is 1. The van der Waals surface area contributed by atoms with Crippen LogP contribution in [-0.2, 0) is 10.3 Å². The Kier molecular flexibility index (Phi) is 4.06. The van der Waals surface area contributed by atoms with Crippen LogP contribution in [0.25, 0.3) is 0 Å². The first-order valence-corrected chi connectivity index (χ1v) is 8.46. The van der Waals surface area contributed by atoms with Crippen LogP contribution in [0.3, 0.4) is 0 Å². The molecule has 1 N–H and O–H groups in total. The van der Waals surface area contributed by atoms with Crippen LogP contribution in [0.4, 0.5) is 9.18 Å². The van der Waals surface area contributed by atoms with Crippen molar-refractivity contribution in [3.8, 4) is 0 Å². The molecule has 2 aliphatic heterocycles. The minimum atomic E-state index is -1.07. The van der Waals surface area contributed by atoms with Gasteiger partial charge < -0.3 is 14.7 Å². The first-order valence-electron chi connectivity index (χ1n) is 8.46. The SMILES string of the molecule is Cc1nc(F)ccc1C1(O)CC2CCC(C1)N2C(=O)OC(C)(C)C. The van der Waals surface area contributed by atoms with E-state index in [2.05, 4.69) is 4.98 Å². The van der Waals surface area contributed by atoms with E-state index in [1.54, 1.807) is 17.9 Å². The van der Waals surface area contributed by atoms with Gasteiger partial charge in [0.15, 0.2) is 0 Å². The Labute approximate surface area is 141 Å². The Morgan fingerprint density at radius 2 is 1.92 bits per heavy atom. The summed E-state index contributed by atoms with van der Waals surface area (Å²) in [6.07, 6.45) is 2.24. The fourth-order valence-corrected chi connectivity index (χ4v) is 4.08. The van der Waals surface area contributed by atoms with Crippen molar-refractivity contribution in [1.29, 1.82) is 0 Å². The molecule has 0 aliphatic carbocycles. The second-order valence-electron chi connectivity index (χ2n) is 7.98. The second kappa shape index (κ2) is 5.69. The highest BCUT2D eigenvalue weighted by Crippen LogP contribution is 2.46. The summed E-state index contributed by atoms with van der Waals surface area (Å²) in [5, 5.41) is 11.2. The lowest BCUT2D eigenvalue weighted by atomic mass is 9.80. The largest absolute Gasteiger partial charge is 0.444 e. The number of hydrogen-bond donors (Lipinski definition) is 1. The first kappa shape index (κ1) is 17.1. The number of rotatable bonds is 1. The molecule has 5 nitrogen and oxygen atoms in total. The molecule has 2 atom stereocenters. The number of halogens is 1. The van der Waals surface area contributed by atoms with E-state index in [-0.39, 0.29) is 18.2 Å². The molecule has 2 fully saturated rings. The van der Waals surface area contributed by atoms with E-state index in [0.29, 0.717) is 24.1 Å². The highest BCUT2D eigenvalue weighted by Gasteiger charge is 2.51. The van der Waals surface area contributed by atoms with Gasteiger partial charge in [0, 0.05) is 36.2 Å². The number of carbonyl (C=O) groups is 1. The van der Waals surface area contributed by atoms with Crippen molar-refractivity contribution in [2.75, 3.05) is 0 Å². The Bertz CT molecular complexity index is 642. The fraction of sp³-hybridized carbons (Fsp3) is 0.667. The molecule has 24 heavy (non-hydrogen) atoms. The third-order valence-electron chi connectivity index (χ3n) is 4.92. The van der Waals surface area contributed by atoms with Gasteiger partial charge in [-0.1, -0.05) is 0 Å². The van der Waals surface area contributed by atoms with Gasteiger partial charge >= 0.3 is 6.09 Å². The Morgan fingerprint density at radius 1 is 1.33 bits per heavy atom. The third-order valence-corrected chi connectivity index (χ3v) is 4.92. The summed E-state index contributed by atoms with van der Waals surface area (Å²) in [4.78, 5) is 18.1. The Balaban J connectivity index is 1.83. The Hall–Kier alpha value is -1.69. The maximum atomic E-state index is 13.3. The summed E-state index contributed by atoms with van der Waals surface area (Å²) in [5.74, 6) is -0.547. The van der Waals surface area contributed by atoms with Crippen molar-refractivity contribution in [1.82, 2.24) is 9.88 Å². The lowest BCUT2D eigenvalue weighted by molar-refractivity contribution is -0.0629. The molecule has 1 aromatic heterocycles. The molecule has 132 valence electrons. The number of aliphatic hydroxyl groups is 1. The number of aromatic nitrogens is 1. The number of ether oxygens (including phenoxy) is 1. The minimum absolute atomic E-state index is 0.0620. The van der Waals surface area contributed by atoms with Crippen LogP contribution in [0.2, 0.25) is 0 Å². The van der Waals surface area contributed by atoms with Crippen LogP contribution in [0.15, 0.2) is 12.1 Å². The molecule has 3 rings (SSSR count). The van der Waals surface area contributed by atoms with E-state index >= 15 is 0 Å². The molecule has 2 saturated heterocycles. The van der Waals surface area contributed by atoms with E-state index in [0.717, 1.165) is 12.8 Å². The van der Waals surface area contributed by atoms with Crippen molar-refractivity contribution in [2.24, 2.45) is 0 Å². The fourth-order valence-electron chi connectivity index (χ4n) is 4.08. The molecule has 1 aromatic rings. The van der Waals surface area contributed by atoms with Crippen LogP contribution in [0.1, 0.15) is 57.7 Å². The van der Waals surface area contributed by atoms with Crippen molar-refractivity contribution >= 4 is 6.09 Å². The molecular formula is C18H25FN2O3. The van der Waals surface area contributed by atoms with Gasteiger partial charge in [-0.3, -0.25) is 0 Å². The summed E-state index contributed by atoms with van der Waals surface area (Å²) >= 11 is 0. The number of amides is 1. The van der Waals surface area contributed by atoms with E-state index in [9.17, 15) is 14.3 Å². The number of fused-ring (bicyclic) bond motifs is 2. The average Bonchev–Trinajstić information content (AvgIpc) is 2.70. The van der Waals surface area contributed by atoms with Gasteiger partial charge in [-0.25, -0.2) is 9.78 Å². The van der Waals surface area contributed by atoms with E-state index < -0.39 is 17.1 Å². The molecule has 2 unspecified atom stereocenters.